The molecule has 1 rings (SSSR count). The molecule has 0 unspecified atom stereocenters. The van der Waals surface area contributed by atoms with Gasteiger partial charge in [0.2, 0.25) is 0 Å². The van der Waals surface area contributed by atoms with Gasteiger partial charge in [-0.25, -0.2) is 4.79 Å². The molecule has 0 aliphatic carbocycles. The fourth-order valence-electron chi connectivity index (χ4n) is 0.874. The van der Waals surface area contributed by atoms with E-state index in [-0.39, 0.29) is 0 Å². The summed E-state index contributed by atoms with van der Waals surface area (Å²) in [6.07, 6.45) is 0. The molecule has 4 heteroatoms. The fraction of sp³-hybridized carbons (Fsp3) is 0.222. The van der Waals surface area contributed by atoms with Crippen molar-refractivity contribution in [3.8, 4) is 5.75 Å². The number of urea groups is 1. The molecule has 0 aliphatic rings. The van der Waals surface area contributed by atoms with E-state index in [9.17, 15) is 4.79 Å². The van der Waals surface area contributed by atoms with Gasteiger partial charge in [0.1, 0.15) is 0 Å². The highest BCUT2D eigenvalue weighted by molar-refractivity contribution is 5.70. The standard InChI is InChI=1S/C9H12N2O2/c1-2-11(9(10)12)13-8-6-4-3-5-7-8/h3-7H,2H2,1H3,(H2,10,12). The van der Waals surface area contributed by atoms with Gasteiger partial charge in [-0.1, -0.05) is 18.2 Å². The predicted molar refractivity (Wildman–Crippen MR) is 49.0 cm³/mol. The highest BCUT2D eigenvalue weighted by Crippen LogP contribution is 2.09. The van der Waals surface area contributed by atoms with E-state index in [0.29, 0.717) is 12.3 Å². The molecular formula is C9H12N2O2. The largest absolute Gasteiger partial charge is 0.375 e. The van der Waals surface area contributed by atoms with E-state index in [2.05, 4.69) is 0 Å². The Labute approximate surface area is 76.9 Å². The molecule has 0 atom stereocenters. The molecule has 2 N–H and O–H groups in total. The van der Waals surface area contributed by atoms with Crippen LogP contribution in [0, 0.1) is 0 Å². The monoisotopic (exact) mass is 180 g/mol. The van der Waals surface area contributed by atoms with E-state index in [4.69, 9.17) is 10.6 Å². The molecule has 0 spiro atoms. The number of primary amides is 1. The molecule has 0 bridgehead atoms. The Kier molecular flexibility index (Phi) is 3.14. The Morgan fingerprint density at radius 2 is 2.08 bits per heavy atom. The molecule has 0 fully saturated rings. The van der Waals surface area contributed by atoms with Gasteiger partial charge >= 0.3 is 6.03 Å². The van der Waals surface area contributed by atoms with Crippen LogP contribution in [0.2, 0.25) is 0 Å². The van der Waals surface area contributed by atoms with Crippen LogP contribution in [0.5, 0.6) is 5.75 Å². The Balaban J connectivity index is 2.62. The molecule has 0 aromatic heterocycles. The molecule has 1 aromatic rings. The van der Waals surface area contributed by atoms with Gasteiger partial charge in [0, 0.05) is 0 Å². The van der Waals surface area contributed by atoms with Crippen LogP contribution < -0.4 is 10.6 Å². The first-order valence-corrected chi connectivity index (χ1v) is 4.04. The minimum absolute atomic E-state index is 0.421. The summed E-state index contributed by atoms with van der Waals surface area (Å²) in [7, 11) is 0. The molecule has 70 valence electrons. The van der Waals surface area contributed by atoms with Crippen LogP contribution in [-0.4, -0.2) is 17.6 Å². The number of amides is 2. The van der Waals surface area contributed by atoms with Crippen LogP contribution in [0.25, 0.3) is 0 Å². The molecule has 0 aliphatic heterocycles. The maximum atomic E-state index is 10.8. The van der Waals surface area contributed by atoms with Crippen LogP contribution in [0.4, 0.5) is 4.79 Å². The normalized spacial score (nSPS) is 9.31. The number of nitrogens with zero attached hydrogens (tertiary/aromatic N) is 1. The molecular weight excluding hydrogens is 168 g/mol. The third-order valence-corrected chi connectivity index (χ3v) is 1.49. The molecule has 13 heavy (non-hydrogen) atoms. The van der Waals surface area contributed by atoms with Gasteiger partial charge in [-0.05, 0) is 19.1 Å². The van der Waals surface area contributed by atoms with E-state index in [1.807, 2.05) is 18.2 Å². The van der Waals surface area contributed by atoms with Crippen molar-refractivity contribution in [1.29, 1.82) is 0 Å². The first kappa shape index (κ1) is 9.38. The Morgan fingerprint density at radius 1 is 1.46 bits per heavy atom. The van der Waals surface area contributed by atoms with Crippen molar-refractivity contribution >= 4 is 6.03 Å². The molecule has 1 aromatic carbocycles. The van der Waals surface area contributed by atoms with Crippen molar-refractivity contribution in [3.63, 3.8) is 0 Å². The van der Waals surface area contributed by atoms with Crippen LogP contribution in [0.15, 0.2) is 30.3 Å². The Morgan fingerprint density at radius 3 is 2.54 bits per heavy atom. The Bertz CT molecular complexity index is 274. The van der Waals surface area contributed by atoms with Gasteiger partial charge in [-0.15, -0.1) is 0 Å². The summed E-state index contributed by atoms with van der Waals surface area (Å²) in [5.41, 5.74) is 5.06. The predicted octanol–water partition coefficient (Wildman–Crippen LogP) is 1.38. The van der Waals surface area contributed by atoms with Crippen LogP contribution in [0.3, 0.4) is 0 Å². The second kappa shape index (κ2) is 4.35. The number of carbonyl (C=O) groups excluding carboxylic acids is 1. The van der Waals surface area contributed by atoms with Gasteiger partial charge in [0.25, 0.3) is 0 Å². The lowest BCUT2D eigenvalue weighted by molar-refractivity contribution is -0.00403. The average Bonchev–Trinajstić information content (AvgIpc) is 2.15. The van der Waals surface area contributed by atoms with E-state index in [0.717, 1.165) is 5.06 Å². The number of hydrogen-bond acceptors (Lipinski definition) is 2. The zero-order valence-corrected chi connectivity index (χ0v) is 7.43. The van der Waals surface area contributed by atoms with E-state index < -0.39 is 6.03 Å². The van der Waals surface area contributed by atoms with Crippen molar-refractivity contribution in [2.45, 2.75) is 6.92 Å². The lowest BCUT2D eigenvalue weighted by Crippen LogP contribution is -2.38. The topological polar surface area (TPSA) is 55.6 Å². The van der Waals surface area contributed by atoms with Gasteiger partial charge < -0.3 is 10.6 Å². The van der Waals surface area contributed by atoms with Crippen molar-refractivity contribution in [2.75, 3.05) is 6.54 Å². The SMILES string of the molecule is CCN(Oc1ccccc1)C(N)=O. The van der Waals surface area contributed by atoms with Gasteiger partial charge in [-0.3, -0.25) is 0 Å². The second-order valence-electron chi connectivity index (χ2n) is 2.44. The number of carbonyl (C=O) groups is 1. The second-order valence-corrected chi connectivity index (χ2v) is 2.44. The summed E-state index contributed by atoms with van der Waals surface area (Å²) in [6.45, 7) is 2.21. The number of nitrogens with two attached hydrogens (primary N) is 1. The summed E-state index contributed by atoms with van der Waals surface area (Å²) >= 11 is 0. The first-order valence-electron chi connectivity index (χ1n) is 4.04. The molecule has 0 saturated carbocycles. The number of benzene rings is 1. The highest BCUT2D eigenvalue weighted by Gasteiger charge is 2.07. The quantitative estimate of drug-likeness (QED) is 0.714. The van der Waals surface area contributed by atoms with Crippen LogP contribution >= 0.6 is 0 Å². The van der Waals surface area contributed by atoms with Gasteiger partial charge in [-0.2, -0.15) is 5.06 Å². The zero-order chi connectivity index (χ0) is 9.68. The maximum absolute atomic E-state index is 10.8. The highest BCUT2D eigenvalue weighted by atomic mass is 16.7. The third-order valence-electron chi connectivity index (χ3n) is 1.49. The molecule has 0 radical (unpaired) electrons. The lowest BCUT2D eigenvalue weighted by atomic mass is 10.3. The van der Waals surface area contributed by atoms with Crippen molar-refractivity contribution in [1.82, 2.24) is 5.06 Å². The molecule has 0 saturated heterocycles. The zero-order valence-electron chi connectivity index (χ0n) is 7.43. The summed E-state index contributed by atoms with van der Waals surface area (Å²) in [6, 6.07) is 8.44. The van der Waals surface area contributed by atoms with Gasteiger partial charge in [0.15, 0.2) is 5.75 Å². The summed E-state index contributed by atoms with van der Waals surface area (Å²) in [4.78, 5) is 15.9. The van der Waals surface area contributed by atoms with Gasteiger partial charge in [0.05, 0.1) is 6.54 Å². The smallest absolute Gasteiger partial charge is 0.347 e. The van der Waals surface area contributed by atoms with Crippen LogP contribution in [0.1, 0.15) is 6.92 Å². The summed E-state index contributed by atoms with van der Waals surface area (Å²) in [5, 5.41) is 1.09. The fourth-order valence-corrected chi connectivity index (χ4v) is 0.874. The molecule has 2 amide bonds. The van der Waals surface area contributed by atoms with Crippen molar-refractivity contribution in [3.05, 3.63) is 30.3 Å². The maximum Gasteiger partial charge on any atom is 0.347 e. The summed E-state index contributed by atoms with van der Waals surface area (Å²) in [5.74, 6) is 0.600. The summed E-state index contributed by atoms with van der Waals surface area (Å²) < 4.78 is 0. The number of para-hydroxylation sites is 1. The van der Waals surface area contributed by atoms with Crippen LogP contribution in [-0.2, 0) is 0 Å². The van der Waals surface area contributed by atoms with E-state index in [1.54, 1.807) is 19.1 Å². The Hall–Kier alpha value is -1.71. The van der Waals surface area contributed by atoms with Crippen molar-refractivity contribution < 1.29 is 9.63 Å². The van der Waals surface area contributed by atoms with E-state index in [1.165, 1.54) is 0 Å². The average molecular weight is 180 g/mol. The number of rotatable bonds is 3. The van der Waals surface area contributed by atoms with Crippen molar-refractivity contribution in [2.24, 2.45) is 5.73 Å². The number of hydrogen-bond donors (Lipinski definition) is 1. The first-order chi connectivity index (χ1) is 6.24. The molecule has 4 nitrogen and oxygen atoms in total. The molecule has 0 heterocycles. The van der Waals surface area contributed by atoms with E-state index >= 15 is 0 Å². The lowest BCUT2D eigenvalue weighted by Gasteiger charge is -2.17. The minimum Gasteiger partial charge on any atom is -0.375 e. The number of hydroxylamine groups is 2. The minimum atomic E-state index is -0.591. The third kappa shape index (κ3) is 2.66.